The molecule has 1 amide bonds. The van der Waals surface area contributed by atoms with Crippen LogP contribution >= 0.6 is 0 Å². The zero-order chi connectivity index (χ0) is 22.5. The summed E-state index contributed by atoms with van der Waals surface area (Å²) in [6, 6.07) is 19.8. The summed E-state index contributed by atoms with van der Waals surface area (Å²) >= 11 is 0. The Morgan fingerprint density at radius 3 is 2.34 bits per heavy atom. The average Bonchev–Trinajstić information content (AvgIpc) is 3.01. The summed E-state index contributed by atoms with van der Waals surface area (Å²) < 4.78 is 28.4. The molecule has 164 valence electrons. The summed E-state index contributed by atoms with van der Waals surface area (Å²) in [7, 11) is -3.75. The number of sulfonamides is 1. The van der Waals surface area contributed by atoms with Gasteiger partial charge in [-0.2, -0.15) is 4.31 Å². The van der Waals surface area contributed by atoms with Crippen molar-refractivity contribution in [2.75, 3.05) is 24.5 Å². The van der Waals surface area contributed by atoms with Gasteiger partial charge in [0.15, 0.2) is 0 Å². The van der Waals surface area contributed by atoms with E-state index in [1.807, 2.05) is 36.4 Å². The van der Waals surface area contributed by atoms with Crippen LogP contribution in [0, 0.1) is 0 Å². The molecule has 2 aliphatic rings. The number of carboxylic acid groups (broad SMARTS) is 1. The number of para-hydroxylation sites is 1. The van der Waals surface area contributed by atoms with E-state index < -0.39 is 28.0 Å². The molecule has 5 rings (SSSR count). The van der Waals surface area contributed by atoms with Gasteiger partial charge in [-0.3, -0.25) is 9.59 Å². The quantitative estimate of drug-likeness (QED) is 0.659. The summed E-state index contributed by atoms with van der Waals surface area (Å²) in [5, 5.41) is 10.8. The summed E-state index contributed by atoms with van der Waals surface area (Å²) in [6.45, 7) is -0.0330. The van der Waals surface area contributed by atoms with Gasteiger partial charge in [0.05, 0.1) is 10.3 Å². The van der Waals surface area contributed by atoms with E-state index in [0.29, 0.717) is 23.9 Å². The SMILES string of the molecule is O=C(O)CN1C(=O)C2(CCN(S(=O)(=O)c3cccc4ccccc34)CC2)c2ccccc21. The standard InChI is InChI=1S/C24H22N2O5S/c27-22(28)16-26-20-10-4-3-9-19(20)24(23(26)29)12-14-25(15-13-24)32(30,31)21-11-5-7-17-6-1-2-8-18(17)21/h1-11H,12-16H2,(H,27,28). The van der Waals surface area contributed by atoms with Gasteiger partial charge in [0.2, 0.25) is 15.9 Å². The molecule has 0 aromatic heterocycles. The fraction of sp³-hybridized carbons (Fsp3) is 0.250. The molecule has 3 aromatic rings. The van der Waals surface area contributed by atoms with Crippen molar-refractivity contribution in [3.63, 3.8) is 0 Å². The molecule has 0 aliphatic carbocycles. The predicted molar refractivity (Wildman–Crippen MR) is 120 cm³/mol. The highest BCUT2D eigenvalue weighted by Crippen LogP contribution is 2.48. The first kappa shape index (κ1) is 20.7. The highest BCUT2D eigenvalue weighted by atomic mass is 32.2. The summed E-state index contributed by atoms with van der Waals surface area (Å²) in [5.41, 5.74) is 0.496. The van der Waals surface area contributed by atoms with Crippen LogP contribution < -0.4 is 4.90 Å². The molecular weight excluding hydrogens is 428 g/mol. The maximum Gasteiger partial charge on any atom is 0.323 e. The zero-order valence-corrected chi connectivity index (χ0v) is 18.1. The largest absolute Gasteiger partial charge is 0.480 e. The van der Waals surface area contributed by atoms with Crippen molar-refractivity contribution < 1.29 is 23.1 Å². The Morgan fingerprint density at radius 1 is 0.938 bits per heavy atom. The number of benzene rings is 3. The van der Waals surface area contributed by atoms with E-state index in [9.17, 15) is 23.1 Å². The van der Waals surface area contributed by atoms with Crippen LogP contribution in [0.5, 0.6) is 0 Å². The van der Waals surface area contributed by atoms with Crippen LogP contribution in [0.25, 0.3) is 10.8 Å². The maximum atomic E-state index is 13.5. The fourth-order valence-corrected chi connectivity index (χ4v) is 6.70. The van der Waals surface area contributed by atoms with Gasteiger partial charge in [-0.1, -0.05) is 54.6 Å². The van der Waals surface area contributed by atoms with Gasteiger partial charge in [-0.15, -0.1) is 0 Å². The van der Waals surface area contributed by atoms with E-state index in [1.165, 1.54) is 9.21 Å². The molecule has 1 fully saturated rings. The lowest BCUT2D eigenvalue weighted by Gasteiger charge is -2.37. The molecule has 32 heavy (non-hydrogen) atoms. The van der Waals surface area contributed by atoms with Crippen LogP contribution in [-0.4, -0.2) is 49.3 Å². The van der Waals surface area contributed by atoms with Crippen LogP contribution in [0.4, 0.5) is 5.69 Å². The lowest BCUT2D eigenvalue weighted by Crippen LogP contribution is -2.50. The maximum absolute atomic E-state index is 13.5. The van der Waals surface area contributed by atoms with E-state index in [2.05, 4.69) is 0 Å². The molecule has 0 unspecified atom stereocenters. The molecule has 8 heteroatoms. The number of carbonyl (C=O) groups is 2. The van der Waals surface area contributed by atoms with Crippen molar-refractivity contribution in [2.24, 2.45) is 0 Å². The number of fused-ring (bicyclic) bond motifs is 3. The normalized spacial score (nSPS) is 18.2. The molecule has 0 atom stereocenters. The third-order valence-electron chi connectivity index (χ3n) is 6.60. The van der Waals surface area contributed by atoms with Gasteiger partial charge in [-0.05, 0) is 35.9 Å². The summed E-state index contributed by atoms with van der Waals surface area (Å²) in [5.74, 6) is -1.34. The summed E-state index contributed by atoms with van der Waals surface area (Å²) in [6.07, 6.45) is 0.617. The number of piperidine rings is 1. The number of aliphatic carboxylic acids is 1. The van der Waals surface area contributed by atoms with Gasteiger partial charge in [-0.25, -0.2) is 8.42 Å². The van der Waals surface area contributed by atoms with Crippen molar-refractivity contribution in [3.8, 4) is 0 Å². The van der Waals surface area contributed by atoms with Gasteiger partial charge in [0.1, 0.15) is 6.54 Å². The van der Waals surface area contributed by atoms with Crippen LogP contribution in [0.1, 0.15) is 18.4 Å². The number of carbonyl (C=O) groups excluding carboxylic acids is 1. The minimum Gasteiger partial charge on any atom is -0.480 e. The number of anilines is 1. The van der Waals surface area contributed by atoms with Gasteiger partial charge in [0, 0.05) is 24.2 Å². The Hall–Kier alpha value is -3.23. The smallest absolute Gasteiger partial charge is 0.323 e. The monoisotopic (exact) mass is 450 g/mol. The molecule has 0 bridgehead atoms. The van der Waals surface area contributed by atoms with E-state index in [1.54, 1.807) is 30.3 Å². The minimum absolute atomic E-state index is 0.187. The van der Waals surface area contributed by atoms with Crippen LogP contribution in [0.3, 0.4) is 0 Å². The van der Waals surface area contributed by atoms with E-state index in [-0.39, 0.29) is 23.9 Å². The molecule has 2 heterocycles. The second-order valence-electron chi connectivity index (χ2n) is 8.27. The second-order valence-corrected chi connectivity index (χ2v) is 10.2. The predicted octanol–water partition coefficient (Wildman–Crippen LogP) is 2.99. The van der Waals surface area contributed by atoms with Crippen molar-refractivity contribution in [1.82, 2.24) is 4.31 Å². The lowest BCUT2D eigenvalue weighted by molar-refractivity contribution is -0.137. The second kappa shape index (κ2) is 7.43. The Labute approximate surface area is 185 Å². The molecule has 0 saturated carbocycles. The van der Waals surface area contributed by atoms with Crippen LogP contribution in [0.15, 0.2) is 71.6 Å². The number of nitrogens with zero attached hydrogens (tertiary/aromatic N) is 2. The fourth-order valence-electron chi connectivity index (χ4n) is 5.04. The van der Waals surface area contributed by atoms with Gasteiger partial charge in [0.25, 0.3) is 0 Å². The zero-order valence-electron chi connectivity index (χ0n) is 17.3. The van der Waals surface area contributed by atoms with Gasteiger partial charge < -0.3 is 10.0 Å². The van der Waals surface area contributed by atoms with Crippen molar-refractivity contribution in [3.05, 3.63) is 72.3 Å². The Kier molecular flexibility index (Phi) is 4.79. The molecule has 0 radical (unpaired) electrons. The average molecular weight is 451 g/mol. The molecule has 1 saturated heterocycles. The molecule has 1 N–H and O–H groups in total. The molecular formula is C24H22N2O5S. The Morgan fingerprint density at radius 2 is 1.59 bits per heavy atom. The number of hydrogen-bond donors (Lipinski definition) is 1. The van der Waals surface area contributed by atoms with Crippen molar-refractivity contribution in [2.45, 2.75) is 23.2 Å². The number of hydrogen-bond acceptors (Lipinski definition) is 4. The van der Waals surface area contributed by atoms with E-state index in [0.717, 1.165) is 10.9 Å². The number of rotatable bonds is 4. The third-order valence-corrected chi connectivity index (χ3v) is 8.56. The first-order valence-corrected chi connectivity index (χ1v) is 11.9. The number of amides is 1. The minimum atomic E-state index is -3.75. The van der Waals surface area contributed by atoms with Crippen molar-refractivity contribution >= 4 is 38.4 Å². The van der Waals surface area contributed by atoms with E-state index >= 15 is 0 Å². The molecule has 7 nitrogen and oxygen atoms in total. The van der Waals surface area contributed by atoms with E-state index in [4.69, 9.17) is 0 Å². The molecule has 1 spiro atoms. The third kappa shape index (κ3) is 3.02. The topological polar surface area (TPSA) is 95.0 Å². The summed E-state index contributed by atoms with van der Waals surface area (Å²) in [4.78, 5) is 26.3. The highest BCUT2D eigenvalue weighted by Gasteiger charge is 2.53. The first-order chi connectivity index (χ1) is 15.3. The molecule has 2 aliphatic heterocycles. The Balaban J connectivity index is 1.47. The first-order valence-electron chi connectivity index (χ1n) is 10.5. The van der Waals surface area contributed by atoms with Crippen LogP contribution in [-0.2, 0) is 25.0 Å². The number of carboxylic acids is 1. The van der Waals surface area contributed by atoms with Crippen molar-refractivity contribution in [1.29, 1.82) is 0 Å². The molecule has 3 aromatic carbocycles. The lowest BCUT2D eigenvalue weighted by atomic mass is 9.74. The highest BCUT2D eigenvalue weighted by molar-refractivity contribution is 7.89. The van der Waals surface area contributed by atoms with Gasteiger partial charge >= 0.3 is 5.97 Å². The Bertz CT molecular complexity index is 1340. The van der Waals surface area contributed by atoms with Crippen LogP contribution in [0.2, 0.25) is 0 Å².